The van der Waals surface area contributed by atoms with E-state index < -0.39 is 108 Å². The molecule has 0 aromatic heterocycles. The van der Waals surface area contributed by atoms with Crippen LogP contribution in [0.4, 0.5) is 0 Å². The summed E-state index contributed by atoms with van der Waals surface area (Å²) in [6.45, 7) is 11.0. The smallest absolute Gasteiger partial charge is 0.327 e. The summed E-state index contributed by atoms with van der Waals surface area (Å²) in [7, 11) is 3.01. The van der Waals surface area contributed by atoms with Crippen LogP contribution < -0.4 is 43.4 Å². The maximum Gasteiger partial charge on any atom is 0.327 e. The quantitative estimate of drug-likeness (QED) is 0.0350. The van der Waals surface area contributed by atoms with E-state index in [0.717, 1.165) is 16.0 Å². The third kappa shape index (κ3) is 20.7. The number of aliphatic carboxylic acids is 1. The molecule has 0 bridgehead atoms. The lowest BCUT2D eigenvalue weighted by molar-refractivity contribution is -0.146. The third-order valence-corrected chi connectivity index (χ3v) is 12.6. The number of nitrogens with one attached hydrogen (secondary N) is 6. The van der Waals surface area contributed by atoms with Gasteiger partial charge in [-0.25, -0.2) is 4.79 Å². The van der Waals surface area contributed by atoms with Crippen molar-refractivity contribution < 1.29 is 53.3 Å². The molecule has 1 aromatic carbocycles. The highest BCUT2D eigenvalue weighted by atomic mass is 32.1. The van der Waals surface area contributed by atoms with Crippen molar-refractivity contribution in [2.45, 2.75) is 135 Å². The fourth-order valence-corrected chi connectivity index (χ4v) is 8.17. The van der Waals surface area contributed by atoms with E-state index >= 15 is 0 Å². The Kier molecular flexibility index (Phi) is 26.4. The van der Waals surface area contributed by atoms with E-state index in [0.29, 0.717) is 6.42 Å². The number of nitrogens with zero attached hydrogens (tertiary/aromatic N) is 2. The number of aliphatic imine (C=N–C) groups is 1. The van der Waals surface area contributed by atoms with E-state index in [1.165, 1.54) is 20.9 Å². The number of ether oxygens (including phenoxy) is 1. The molecule has 2 rings (SSSR count). The summed E-state index contributed by atoms with van der Waals surface area (Å²) < 4.78 is 5.84. The summed E-state index contributed by atoms with van der Waals surface area (Å²) in [5.41, 5.74) is 12.9. The molecule has 0 spiro atoms. The van der Waals surface area contributed by atoms with Crippen molar-refractivity contribution in [3.8, 4) is 0 Å². The number of carbonyl (C=O) groups excluding carboxylic acids is 7. The second-order valence-corrected chi connectivity index (χ2v) is 19.0. The molecule has 0 radical (unpaired) electrons. The summed E-state index contributed by atoms with van der Waals surface area (Å²) >= 11 is 4.27. The Morgan fingerprint density at radius 2 is 1.49 bits per heavy atom. The lowest BCUT2D eigenvalue weighted by Crippen LogP contribution is -2.59. The summed E-state index contributed by atoms with van der Waals surface area (Å²) in [6.07, 6.45) is 5.68. The SMILES string of the molecule is CO[C@@H](Cc1ccccc1)[C@@H](C)/C=C(C)/C=C/[C@@H]1NC(=O)[C@H](CCCN=C(N)N)NC(=O)[C@@H](C)[C@H](C(=O)O)NC(=O)[C@H](CC(C)C)NC(=O)[C@@H](C)NC(=O)[C@H](CS)N(C)C(=O)CC[C@H](CO)NC(=O)[C@H]1C. The van der Waals surface area contributed by atoms with Gasteiger partial charge in [-0.1, -0.05) is 88.8 Å². The largest absolute Gasteiger partial charge is 0.480 e. The van der Waals surface area contributed by atoms with Gasteiger partial charge >= 0.3 is 5.97 Å². The fraction of sp³-hybridized carbons (Fsp3) is 0.612. The molecule has 12 N–H and O–H groups in total. The number of carbonyl (C=O) groups is 8. The first kappa shape index (κ1) is 61.1. The predicted octanol–water partition coefficient (Wildman–Crippen LogP) is 0.311. The molecule has 11 atom stereocenters. The van der Waals surface area contributed by atoms with Crippen LogP contribution in [0.2, 0.25) is 0 Å². The van der Waals surface area contributed by atoms with E-state index in [-0.39, 0.29) is 68.3 Å². The molecule has 22 heteroatoms. The van der Waals surface area contributed by atoms with Crippen molar-refractivity contribution in [2.24, 2.45) is 40.1 Å². The Labute approximate surface area is 423 Å². The van der Waals surface area contributed by atoms with Gasteiger partial charge in [-0.05, 0) is 57.4 Å². The van der Waals surface area contributed by atoms with Crippen LogP contribution in [0, 0.1) is 23.7 Å². The first-order valence-corrected chi connectivity index (χ1v) is 24.6. The Bertz CT molecular complexity index is 2050. The normalized spacial score (nSPS) is 26.4. The van der Waals surface area contributed by atoms with Gasteiger partial charge in [-0.2, -0.15) is 12.6 Å². The number of benzene rings is 1. The van der Waals surface area contributed by atoms with E-state index in [1.54, 1.807) is 40.0 Å². The summed E-state index contributed by atoms with van der Waals surface area (Å²) in [4.78, 5) is 114. The highest BCUT2D eigenvalue weighted by molar-refractivity contribution is 7.80. The molecule has 7 amide bonds. The van der Waals surface area contributed by atoms with Crippen LogP contribution in [0.1, 0.15) is 86.1 Å². The zero-order chi connectivity index (χ0) is 53.5. The van der Waals surface area contributed by atoms with Crippen molar-refractivity contribution >= 4 is 65.9 Å². The number of aliphatic hydroxyl groups is 1. The standard InChI is InChI=1S/C49H78N10O11S/c1-27(2)22-37-46(66)58-41(48(68)69)31(6)43(63)56-36(16-13-21-52-49(50)51)45(65)55-35(19-17-28(3)23-29(4)39(70-9)24-33-14-11-10-12-15-33)30(5)42(62)54-34(25-60)18-20-40(61)59(8)38(26-71)47(67)53-32(7)44(64)57-37/h10-12,14-15,17,19,23,27,29-32,34-39,41,60,71H,13,16,18,20-22,24-26H2,1-9H3,(H,53,67)(H,54,62)(H,55,65)(H,56,63)(H,57,64)(H,58,66)(H,68,69)(H4,50,51,52)/b19-17+,28-23+/t29-,30-,31-,32+,34+,35-,36-,37-,38-,39-,41+/m0/s1. The van der Waals surface area contributed by atoms with E-state index in [9.17, 15) is 48.6 Å². The van der Waals surface area contributed by atoms with Gasteiger partial charge in [0.2, 0.25) is 41.4 Å². The van der Waals surface area contributed by atoms with Crippen molar-refractivity contribution in [1.82, 2.24) is 36.8 Å². The minimum atomic E-state index is -1.85. The van der Waals surface area contributed by atoms with Crippen LogP contribution >= 0.6 is 12.6 Å². The van der Waals surface area contributed by atoms with Crippen LogP contribution in [-0.2, 0) is 49.5 Å². The average Bonchev–Trinajstić information content (AvgIpc) is 3.31. The molecule has 0 saturated carbocycles. The fourth-order valence-electron chi connectivity index (χ4n) is 7.76. The molecule has 71 heavy (non-hydrogen) atoms. The number of rotatable bonds is 16. The molecule has 1 saturated heterocycles. The lowest BCUT2D eigenvalue weighted by Gasteiger charge is -2.29. The summed E-state index contributed by atoms with van der Waals surface area (Å²) in [5, 5.41) is 36.4. The molecule has 1 fully saturated rings. The minimum absolute atomic E-state index is 0.0379. The minimum Gasteiger partial charge on any atom is -0.480 e. The van der Waals surface area contributed by atoms with Crippen molar-refractivity contribution in [3.05, 3.63) is 59.7 Å². The van der Waals surface area contributed by atoms with Gasteiger partial charge in [0.05, 0.1) is 36.6 Å². The number of guanidine groups is 1. The van der Waals surface area contributed by atoms with Gasteiger partial charge in [-0.3, -0.25) is 38.6 Å². The molecule has 21 nitrogen and oxygen atoms in total. The highest BCUT2D eigenvalue weighted by Crippen LogP contribution is 2.19. The van der Waals surface area contributed by atoms with Gasteiger partial charge < -0.3 is 63.2 Å². The maximum absolute atomic E-state index is 14.4. The van der Waals surface area contributed by atoms with E-state index in [4.69, 9.17) is 16.2 Å². The first-order chi connectivity index (χ1) is 33.4. The molecular formula is C49H78N10O11S. The number of thiol groups is 1. The molecule has 1 aliphatic heterocycles. The van der Waals surface area contributed by atoms with Gasteiger partial charge in [0.25, 0.3) is 0 Å². The Balaban J connectivity index is 2.71. The van der Waals surface area contributed by atoms with Gasteiger partial charge in [0.1, 0.15) is 30.2 Å². The second kappa shape index (κ2) is 30.7. The lowest BCUT2D eigenvalue weighted by atomic mass is 9.94. The number of amides is 7. The van der Waals surface area contributed by atoms with Crippen LogP contribution in [0.15, 0.2) is 59.1 Å². The molecule has 1 aliphatic rings. The summed E-state index contributed by atoms with van der Waals surface area (Å²) in [6, 6.07) is 0.950. The second-order valence-electron chi connectivity index (χ2n) is 18.6. The number of aliphatic hydroxyl groups excluding tert-OH is 1. The molecule has 1 heterocycles. The predicted molar refractivity (Wildman–Crippen MR) is 272 cm³/mol. The number of nitrogens with two attached hydrogens (primary N) is 2. The van der Waals surface area contributed by atoms with Crippen LogP contribution in [0.25, 0.3) is 0 Å². The highest BCUT2D eigenvalue weighted by Gasteiger charge is 2.37. The zero-order valence-corrected chi connectivity index (χ0v) is 43.4. The van der Waals surface area contributed by atoms with E-state index in [2.05, 4.69) is 49.5 Å². The monoisotopic (exact) mass is 1010 g/mol. The third-order valence-electron chi connectivity index (χ3n) is 12.3. The number of allylic oxidation sites excluding steroid dienone is 2. The molecule has 1 aromatic rings. The molecule has 396 valence electrons. The Hall–Kier alpha value is -6.00. The topological polar surface area (TPSA) is 326 Å². The number of carboxylic acids is 1. The Morgan fingerprint density at radius 1 is 0.873 bits per heavy atom. The zero-order valence-electron chi connectivity index (χ0n) is 42.5. The van der Waals surface area contributed by atoms with Crippen molar-refractivity contribution in [2.75, 3.05) is 33.1 Å². The van der Waals surface area contributed by atoms with E-state index in [1.807, 2.05) is 50.3 Å². The molecular weight excluding hydrogens is 937 g/mol. The number of hydrogen-bond acceptors (Lipinski definition) is 12. The Morgan fingerprint density at radius 3 is 2.07 bits per heavy atom. The number of methoxy groups -OCH3 is 1. The first-order valence-electron chi connectivity index (χ1n) is 23.9. The van der Waals surface area contributed by atoms with Gasteiger partial charge in [0, 0.05) is 38.8 Å². The summed E-state index contributed by atoms with van der Waals surface area (Å²) in [5.74, 6) is -10.0. The van der Waals surface area contributed by atoms with Gasteiger partial charge in [0.15, 0.2) is 5.96 Å². The van der Waals surface area contributed by atoms with Crippen LogP contribution in [-0.4, -0.2) is 150 Å². The number of hydrogen-bond donors (Lipinski definition) is 11. The average molecular weight is 1020 g/mol. The van der Waals surface area contributed by atoms with Crippen LogP contribution in [0.3, 0.4) is 0 Å². The molecule has 0 aliphatic carbocycles. The number of carboxylic acid groups (broad SMARTS) is 1. The van der Waals surface area contributed by atoms with Crippen molar-refractivity contribution in [3.63, 3.8) is 0 Å². The van der Waals surface area contributed by atoms with Crippen molar-refractivity contribution in [1.29, 1.82) is 0 Å². The van der Waals surface area contributed by atoms with Gasteiger partial charge in [-0.15, -0.1) is 0 Å². The molecule has 0 unspecified atom stereocenters. The maximum atomic E-state index is 14.4. The number of likely N-dealkylation sites (N-methyl/N-ethyl adjacent to an activating group) is 1. The van der Waals surface area contributed by atoms with Crippen LogP contribution in [0.5, 0.6) is 0 Å².